The van der Waals surface area contributed by atoms with Crippen molar-refractivity contribution in [2.75, 3.05) is 34.3 Å². The zero-order valence-corrected chi connectivity index (χ0v) is 39.5. The molecule has 6 rings (SSSR count). The molecule has 0 saturated heterocycles. The lowest BCUT2D eigenvalue weighted by molar-refractivity contribution is -0.434. The van der Waals surface area contributed by atoms with E-state index < -0.39 is 101 Å². The summed E-state index contributed by atoms with van der Waals surface area (Å²) in [5, 5.41) is 58.3. The zero-order valence-electron chi connectivity index (χ0n) is 34.6. The molecule has 12 N–H and O–H groups in total. The summed E-state index contributed by atoms with van der Waals surface area (Å²) in [6, 6.07) is 19.4. The molecule has 6 aromatic rings. The van der Waals surface area contributed by atoms with Crippen molar-refractivity contribution in [3.8, 4) is 5.75 Å². The van der Waals surface area contributed by atoms with Gasteiger partial charge in [0.25, 0.3) is 30.3 Å². The van der Waals surface area contributed by atoms with Crippen LogP contribution in [0.2, 0.25) is 0 Å². The van der Waals surface area contributed by atoms with E-state index in [4.69, 9.17) is 31.9 Å². The van der Waals surface area contributed by atoms with Crippen LogP contribution in [-0.2, 0) is 63.0 Å². The fourth-order valence-electron chi connectivity index (χ4n) is 5.82. The van der Waals surface area contributed by atoms with Crippen LogP contribution in [-0.4, -0.2) is 70.8 Å². The Bertz CT molecular complexity index is 3500. The number of sulfone groups is 1. The number of nitrogen functional groups attached to an aromatic ring is 3. The first-order chi connectivity index (χ1) is 33.0. The minimum Gasteiger partial charge on any atom is -0.505 e. The van der Waals surface area contributed by atoms with Gasteiger partial charge in [-0.05, 0) is 102 Å². The first kappa shape index (κ1) is 52.9. The number of hydrogen-bond donors (Lipinski definition) is 9. The van der Waals surface area contributed by atoms with Crippen molar-refractivity contribution in [2.24, 2.45) is 30.7 Å². The van der Waals surface area contributed by atoms with Gasteiger partial charge in [0.1, 0.15) is 32.5 Å². The van der Waals surface area contributed by atoms with Gasteiger partial charge in [-0.3, -0.25) is 18.0 Å². The number of nitrogens with two attached hydrogens (primary N) is 3. The number of azo groups is 3. The Hall–Kier alpha value is -6.48. The van der Waals surface area contributed by atoms with E-state index in [1.54, 1.807) is 12.1 Å². The average molecular weight is 1090 g/mol. The normalized spacial score (nSPS) is 12.7. The van der Waals surface area contributed by atoms with Crippen LogP contribution in [0.25, 0.3) is 10.8 Å². The first-order valence-corrected chi connectivity index (χ1v) is 25.9. The van der Waals surface area contributed by atoms with E-state index in [0.717, 1.165) is 36.4 Å². The predicted octanol–water partition coefficient (Wildman–Crippen LogP) is 8.04. The molecule has 0 aliphatic carbocycles. The molecule has 0 radical (unpaired) electrons. The zero-order chi connectivity index (χ0) is 51.0. The third-order valence-corrected chi connectivity index (χ3v) is 14.8. The average Bonchev–Trinajstić information content (AvgIpc) is 3.29. The maximum atomic E-state index is 13.2. The number of rotatable bonds is 21. The number of phenols is 1. The number of phenolic OH excluding ortho intramolecular Hbond substituents is 1. The van der Waals surface area contributed by atoms with Gasteiger partial charge in [0.15, 0.2) is 27.9 Å². The highest BCUT2D eigenvalue weighted by Gasteiger charge is 2.27. The molecule has 0 heterocycles. The molecule has 0 saturated carbocycles. The molecular weight excluding hydrogens is 1050 g/mol. The van der Waals surface area contributed by atoms with Crippen LogP contribution in [0.15, 0.2) is 152 Å². The van der Waals surface area contributed by atoms with Crippen molar-refractivity contribution in [1.29, 1.82) is 0 Å². The third kappa shape index (κ3) is 13.0. The van der Waals surface area contributed by atoms with Gasteiger partial charge in [-0.1, -0.05) is 10.1 Å². The van der Waals surface area contributed by atoms with Gasteiger partial charge < -0.3 is 22.3 Å². The van der Waals surface area contributed by atoms with Crippen molar-refractivity contribution >= 4 is 132 Å². The van der Waals surface area contributed by atoms with Crippen LogP contribution < -0.4 is 21.9 Å². The van der Waals surface area contributed by atoms with E-state index in [9.17, 15) is 47.9 Å². The van der Waals surface area contributed by atoms with E-state index in [2.05, 4.69) is 54.2 Å². The Morgan fingerprint density at radius 2 is 1.20 bits per heavy atom. The lowest BCUT2D eigenvalue weighted by atomic mass is 10.1. The molecule has 0 fully saturated rings. The van der Waals surface area contributed by atoms with E-state index in [1.807, 2.05) is 0 Å². The van der Waals surface area contributed by atoms with Gasteiger partial charge in [-0.2, -0.15) is 27.1 Å². The summed E-state index contributed by atoms with van der Waals surface area (Å²) in [7, 11) is -19.0. The lowest BCUT2D eigenvalue weighted by Gasteiger charge is -2.14. The van der Waals surface area contributed by atoms with Crippen molar-refractivity contribution < 1.29 is 81.3 Å². The minimum atomic E-state index is -5.24. The topological polar surface area (TPSA) is 448 Å². The number of fused-ring (bicyclic) bond motifs is 1. The van der Waals surface area contributed by atoms with Crippen LogP contribution >= 0.6 is 24.4 Å². The maximum Gasteiger partial charge on any atom is 0.296 e. The molecule has 28 nitrogen and oxygen atoms in total. The molecule has 0 aliphatic rings. The second-order valence-electron chi connectivity index (χ2n) is 13.5. The number of nitrogens with one attached hydrogen (secondary N) is 1. The van der Waals surface area contributed by atoms with Gasteiger partial charge in [-0.25, -0.2) is 27.4 Å². The quantitative estimate of drug-likeness (QED) is 0.00626. The smallest absolute Gasteiger partial charge is 0.296 e. The highest BCUT2D eigenvalue weighted by atomic mass is 32.2. The van der Waals surface area contributed by atoms with Crippen molar-refractivity contribution in [3.05, 3.63) is 97.1 Å². The van der Waals surface area contributed by atoms with Crippen LogP contribution in [0.5, 0.6) is 5.75 Å². The summed E-state index contributed by atoms with van der Waals surface area (Å²) in [6.45, 7) is -0.543. The van der Waals surface area contributed by atoms with Crippen LogP contribution in [0, 0.1) is 0 Å². The largest absolute Gasteiger partial charge is 0.505 e. The summed E-state index contributed by atoms with van der Waals surface area (Å²) < 4.78 is 138. The molecule has 70 heavy (non-hydrogen) atoms. The highest BCUT2D eigenvalue weighted by molar-refractivity contribution is 7.94. The molecule has 0 aliphatic heterocycles. The molecule has 0 spiro atoms. The Morgan fingerprint density at radius 1 is 0.614 bits per heavy atom. The van der Waals surface area contributed by atoms with Gasteiger partial charge in [0.05, 0.1) is 67.2 Å². The number of nitrogens with zero attached hydrogens (tertiary/aromatic N) is 6. The Morgan fingerprint density at radius 3 is 1.83 bits per heavy atom. The van der Waals surface area contributed by atoms with E-state index >= 15 is 0 Å². The predicted molar refractivity (Wildman–Crippen MR) is 249 cm³/mol. The number of benzene rings is 6. The maximum absolute atomic E-state index is 13.2. The van der Waals surface area contributed by atoms with E-state index in [1.165, 1.54) is 42.5 Å². The number of anilines is 4. The first-order valence-electron chi connectivity index (χ1n) is 18.5. The fraction of sp³-hybridized carbons (Fsp3) is 0.0556. The van der Waals surface area contributed by atoms with E-state index in [-0.39, 0.29) is 50.9 Å². The molecule has 0 unspecified atom stereocenters. The minimum absolute atomic E-state index is 0.0863. The van der Waals surface area contributed by atoms with Crippen LogP contribution in [0.1, 0.15) is 0 Å². The second-order valence-corrected chi connectivity index (χ2v) is 21.4. The third-order valence-electron chi connectivity index (χ3n) is 8.97. The molecule has 0 bridgehead atoms. The summed E-state index contributed by atoms with van der Waals surface area (Å²) in [5.74, 6) is -1.78. The molecule has 370 valence electrons. The van der Waals surface area contributed by atoms with Gasteiger partial charge in [0.2, 0.25) is 0 Å². The Labute approximate surface area is 403 Å². The molecule has 0 aromatic heterocycles. The molecule has 0 amide bonds. The Kier molecular flexibility index (Phi) is 16.7. The molecule has 34 heteroatoms. The highest BCUT2D eigenvalue weighted by Crippen LogP contribution is 2.49. The molecule has 0 atom stereocenters. The Balaban J connectivity index is 1.30. The number of hydrogen-bond acceptors (Lipinski definition) is 27. The van der Waals surface area contributed by atoms with E-state index in [0.29, 0.717) is 28.8 Å². The fourth-order valence-corrected chi connectivity index (χ4v) is 10.2. The van der Waals surface area contributed by atoms with Gasteiger partial charge in [-0.15, -0.1) is 29.1 Å². The number of sulfonamides is 1. The molecule has 6 aromatic carbocycles. The van der Waals surface area contributed by atoms with Gasteiger partial charge in [0, 0.05) is 11.4 Å². The van der Waals surface area contributed by atoms with Crippen molar-refractivity contribution in [3.63, 3.8) is 0 Å². The van der Waals surface area contributed by atoms with Crippen molar-refractivity contribution in [1.82, 2.24) is 0 Å². The van der Waals surface area contributed by atoms with Crippen molar-refractivity contribution in [2.45, 2.75) is 24.5 Å². The summed E-state index contributed by atoms with van der Waals surface area (Å²) in [4.78, 5) is -3.22. The second kappa shape index (κ2) is 22.1. The molecular formula is C36H32N10O18S6. The van der Waals surface area contributed by atoms with Gasteiger partial charge >= 0.3 is 0 Å². The van der Waals surface area contributed by atoms with Crippen LogP contribution in [0.4, 0.5) is 56.9 Å². The SMILES string of the molecule is Nc1ccc(/N=N/c2ccc(NS(=O)(=O)c3ccc(/N=N/c4c(S(=O)(=O)O)cc5cc(SOOO)c(/N=N/c6ccc(S(=O)(=O)CCOSOOO)cc6S(=O)(=O)O)c(N)c5c4O)cc3)cc2)c(N)c1. The lowest BCUT2D eigenvalue weighted by Crippen LogP contribution is -2.12. The summed E-state index contributed by atoms with van der Waals surface area (Å²) in [6.07, 6.45) is 0. The number of aromatic hydroxyl groups is 1. The standard InChI is InChI=1S/C36H32N10O18S6/c37-20-1-11-27(26(38)17-20)42-40-21-2-4-23(5-3-21)46-68(52,53)24-8-6-22(7-9-24)41-45-35-31(70(57,58)59)16-19-15-29(65-63-61-48)34(33(39)32(19)36(35)47)44-43-28-12-10-25(18-30(28)69(54,55)56)67(50,51)14-13-60-66-64-62-49/h1-12,15-18,46-49H,13-14,37-39H2,(H,54,55,56)(H,57,58,59)/b42-40+,44-43+,45-41+. The summed E-state index contributed by atoms with van der Waals surface area (Å²) in [5.41, 5.74) is 17.0. The monoisotopic (exact) mass is 1080 g/mol. The van der Waals surface area contributed by atoms with Crippen LogP contribution in [0.3, 0.4) is 0 Å². The summed E-state index contributed by atoms with van der Waals surface area (Å²) >= 11 is 0.268.